The summed E-state index contributed by atoms with van der Waals surface area (Å²) < 4.78 is 10.5. The monoisotopic (exact) mass is 282 g/mol. The van der Waals surface area contributed by atoms with Crippen LogP contribution in [0.4, 0.5) is 0 Å². The van der Waals surface area contributed by atoms with Crippen molar-refractivity contribution in [2.45, 2.75) is 25.3 Å². The third kappa shape index (κ3) is 5.00. The molecular weight excluding hydrogens is 256 g/mol. The van der Waals surface area contributed by atoms with Crippen molar-refractivity contribution < 1.29 is 14.6 Å². The molecule has 0 spiro atoms. The van der Waals surface area contributed by atoms with Crippen LogP contribution in [-0.2, 0) is 0 Å². The molecule has 0 amide bonds. The molecular formula is C15H26N2O3. The maximum absolute atomic E-state index is 8.74. The Morgan fingerprint density at radius 1 is 1.15 bits per heavy atom. The third-order valence-corrected chi connectivity index (χ3v) is 3.27. The van der Waals surface area contributed by atoms with Gasteiger partial charge >= 0.3 is 0 Å². The lowest BCUT2D eigenvalue weighted by Gasteiger charge is -2.19. The van der Waals surface area contributed by atoms with E-state index in [-0.39, 0.29) is 12.6 Å². The Kier molecular flexibility index (Phi) is 8.02. The molecule has 5 nitrogen and oxygen atoms in total. The number of aliphatic hydroxyl groups excluding tert-OH is 1. The summed E-state index contributed by atoms with van der Waals surface area (Å²) in [6, 6.07) is 5.95. The molecule has 1 atom stereocenters. The lowest BCUT2D eigenvalue weighted by atomic mass is 10.1. The van der Waals surface area contributed by atoms with Crippen LogP contribution in [0.1, 0.15) is 30.9 Å². The van der Waals surface area contributed by atoms with E-state index in [2.05, 4.69) is 5.32 Å². The average molecular weight is 282 g/mol. The topological polar surface area (TPSA) is 76.7 Å². The lowest BCUT2D eigenvalue weighted by molar-refractivity contribution is 0.282. The van der Waals surface area contributed by atoms with Gasteiger partial charge in [0.25, 0.3) is 0 Å². The number of unbranched alkanes of at least 4 members (excludes halogenated alkanes) is 2. The molecule has 114 valence electrons. The minimum absolute atomic E-state index is 0.101. The van der Waals surface area contributed by atoms with Crippen LogP contribution >= 0.6 is 0 Å². The second-order valence-corrected chi connectivity index (χ2v) is 4.64. The van der Waals surface area contributed by atoms with E-state index in [1.807, 2.05) is 18.2 Å². The van der Waals surface area contributed by atoms with E-state index >= 15 is 0 Å². The summed E-state index contributed by atoms with van der Waals surface area (Å²) in [6.07, 6.45) is 2.91. The van der Waals surface area contributed by atoms with Gasteiger partial charge in [0, 0.05) is 19.2 Å². The van der Waals surface area contributed by atoms with Gasteiger partial charge in [0.2, 0.25) is 0 Å². The van der Waals surface area contributed by atoms with Crippen molar-refractivity contribution in [1.82, 2.24) is 5.32 Å². The number of rotatable bonds is 10. The fourth-order valence-corrected chi connectivity index (χ4v) is 2.10. The first-order valence-electron chi connectivity index (χ1n) is 7.03. The molecule has 0 aromatic heterocycles. The molecule has 1 rings (SSSR count). The molecule has 0 fully saturated rings. The molecule has 0 saturated heterocycles. The Morgan fingerprint density at radius 3 is 2.50 bits per heavy atom. The van der Waals surface area contributed by atoms with Gasteiger partial charge in [-0.15, -0.1) is 0 Å². The zero-order valence-electron chi connectivity index (χ0n) is 12.4. The summed E-state index contributed by atoms with van der Waals surface area (Å²) in [6.45, 7) is 1.67. The molecule has 0 heterocycles. The van der Waals surface area contributed by atoms with Gasteiger partial charge in [0.05, 0.1) is 14.2 Å². The van der Waals surface area contributed by atoms with E-state index in [1.54, 1.807) is 14.2 Å². The average Bonchev–Trinajstić information content (AvgIpc) is 2.50. The molecule has 5 heteroatoms. The highest BCUT2D eigenvalue weighted by atomic mass is 16.5. The zero-order chi connectivity index (χ0) is 14.8. The van der Waals surface area contributed by atoms with Gasteiger partial charge in [-0.1, -0.05) is 6.07 Å². The second kappa shape index (κ2) is 9.58. The van der Waals surface area contributed by atoms with Crippen LogP contribution in [0.25, 0.3) is 0 Å². The van der Waals surface area contributed by atoms with Gasteiger partial charge in [-0.25, -0.2) is 0 Å². The normalized spacial score (nSPS) is 12.2. The molecule has 0 bridgehead atoms. The van der Waals surface area contributed by atoms with Crippen molar-refractivity contribution in [3.05, 3.63) is 23.8 Å². The summed E-state index contributed by atoms with van der Waals surface area (Å²) in [5.41, 5.74) is 6.92. The number of methoxy groups -OCH3 is 2. The van der Waals surface area contributed by atoms with E-state index in [9.17, 15) is 0 Å². The smallest absolute Gasteiger partial charge is 0.161 e. The van der Waals surface area contributed by atoms with Crippen molar-refractivity contribution in [3.8, 4) is 11.5 Å². The van der Waals surface area contributed by atoms with Crippen LogP contribution < -0.4 is 20.5 Å². The maximum Gasteiger partial charge on any atom is 0.161 e. The van der Waals surface area contributed by atoms with E-state index in [0.29, 0.717) is 12.3 Å². The van der Waals surface area contributed by atoms with Crippen LogP contribution in [-0.4, -0.2) is 39.0 Å². The predicted molar refractivity (Wildman–Crippen MR) is 80.3 cm³/mol. The molecule has 1 aromatic rings. The second-order valence-electron chi connectivity index (χ2n) is 4.64. The van der Waals surface area contributed by atoms with Crippen LogP contribution in [0.2, 0.25) is 0 Å². The number of benzene rings is 1. The van der Waals surface area contributed by atoms with Crippen LogP contribution in [0.3, 0.4) is 0 Å². The van der Waals surface area contributed by atoms with Crippen LogP contribution in [0, 0.1) is 0 Å². The van der Waals surface area contributed by atoms with Gasteiger partial charge in [-0.3, -0.25) is 0 Å². The maximum atomic E-state index is 8.74. The Labute approximate surface area is 121 Å². The molecule has 4 N–H and O–H groups in total. The van der Waals surface area contributed by atoms with E-state index in [4.69, 9.17) is 20.3 Å². The number of nitrogens with two attached hydrogens (primary N) is 1. The largest absolute Gasteiger partial charge is 0.493 e. The van der Waals surface area contributed by atoms with Crippen molar-refractivity contribution in [3.63, 3.8) is 0 Å². The fourth-order valence-electron chi connectivity index (χ4n) is 2.10. The first-order chi connectivity index (χ1) is 9.76. The quantitative estimate of drug-likeness (QED) is 0.566. The Balaban J connectivity index is 2.60. The van der Waals surface area contributed by atoms with Crippen molar-refractivity contribution in [2.75, 3.05) is 33.9 Å². The van der Waals surface area contributed by atoms with E-state index < -0.39 is 0 Å². The summed E-state index contributed by atoms with van der Waals surface area (Å²) in [5.74, 6) is 1.43. The number of ether oxygens (including phenoxy) is 2. The van der Waals surface area contributed by atoms with Gasteiger partial charge in [-0.2, -0.15) is 0 Å². The minimum atomic E-state index is 0.101. The summed E-state index contributed by atoms with van der Waals surface area (Å²) in [7, 11) is 3.25. The highest BCUT2D eigenvalue weighted by Gasteiger charge is 2.12. The minimum Gasteiger partial charge on any atom is -0.493 e. The number of hydrogen-bond donors (Lipinski definition) is 3. The zero-order valence-corrected chi connectivity index (χ0v) is 12.4. The molecule has 0 aliphatic rings. The third-order valence-electron chi connectivity index (χ3n) is 3.27. The molecule has 0 saturated carbocycles. The van der Waals surface area contributed by atoms with Gasteiger partial charge in [0.1, 0.15) is 0 Å². The Bertz CT molecular complexity index is 385. The molecule has 0 aliphatic heterocycles. The Morgan fingerprint density at radius 2 is 1.90 bits per heavy atom. The van der Waals surface area contributed by atoms with Crippen molar-refractivity contribution in [2.24, 2.45) is 5.73 Å². The number of nitrogens with one attached hydrogen (secondary N) is 1. The lowest BCUT2D eigenvalue weighted by Crippen LogP contribution is -2.29. The highest BCUT2D eigenvalue weighted by molar-refractivity contribution is 5.43. The fraction of sp³-hybridized carbons (Fsp3) is 0.600. The first-order valence-corrected chi connectivity index (χ1v) is 7.03. The molecule has 1 aromatic carbocycles. The SMILES string of the molecule is COc1ccc(C(CN)NCCCCCO)cc1OC. The van der Waals surface area contributed by atoms with Crippen molar-refractivity contribution in [1.29, 1.82) is 0 Å². The molecule has 20 heavy (non-hydrogen) atoms. The molecule has 1 unspecified atom stereocenters. The summed E-state index contributed by atoms with van der Waals surface area (Å²) in [4.78, 5) is 0. The van der Waals surface area contributed by atoms with E-state index in [1.165, 1.54) is 0 Å². The summed E-state index contributed by atoms with van der Waals surface area (Å²) in [5, 5.41) is 12.2. The summed E-state index contributed by atoms with van der Waals surface area (Å²) >= 11 is 0. The first kappa shape index (κ1) is 16.8. The van der Waals surface area contributed by atoms with Gasteiger partial charge in [0.15, 0.2) is 11.5 Å². The van der Waals surface area contributed by atoms with Crippen LogP contribution in [0.15, 0.2) is 18.2 Å². The number of hydrogen-bond acceptors (Lipinski definition) is 5. The molecule has 0 aliphatic carbocycles. The highest BCUT2D eigenvalue weighted by Crippen LogP contribution is 2.29. The van der Waals surface area contributed by atoms with Crippen molar-refractivity contribution >= 4 is 0 Å². The number of aliphatic hydroxyl groups is 1. The standard InChI is InChI=1S/C15H26N2O3/c1-19-14-7-6-12(10-15(14)20-2)13(11-16)17-8-4-3-5-9-18/h6-7,10,13,17-18H,3-5,8-9,11,16H2,1-2H3. The Hall–Kier alpha value is -1.30. The van der Waals surface area contributed by atoms with Gasteiger partial charge < -0.3 is 25.6 Å². The van der Waals surface area contributed by atoms with E-state index in [0.717, 1.165) is 37.1 Å². The predicted octanol–water partition coefficient (Wildman–Crippen LogP) is 1.46. The van der Waals surface area contributed by atoms with Crippen LogP contribution in [0.5, 0.6) is 11.5 Å². The molecule has 0 radical (unpaired) electrons. The van der Waals surface area contributed by atoms with Gasteiger partial charge in [-0.05, 0) is 43.5 Å².